The third-order valence-corrected chi connectivity index (χ3v) is 0.904. The van der Waals surface area contributed by atoms with Crippen molar-refractivity contribution in [3.8, 4) is 0 Å². The van der Waals surface area contributed by atoms with E-state index in [4.69, 9.17) is 5.11 Å². The van der Waals surface area contributed by atoms with Gasteiger partial charge in [0.25, 0.3) is 0 Å². The van der Waals surface area contributed by atoms with Crippen LogP contribution in [0.3, 0.4) is 0 Å². The van der Waals surface area contributed by atoms with Crippen LogP contribution in [0.25, 0.3) is 0 Å². The molecule has 0 fully saturated rings. The van der Waals surface area contributed by atoms with E-state index >= 15 is 0 Å². The van der Waals surface area contributed by atoms with Crippen molar-refractivity contribution < 1.29 is 50.4 Å². The molecule has 0 heterocycles. The van der Waals surface area contributed by atoms with Crippen molar-refractivity contribution >= 4 is 12.3 Å². The number of hydrogen-bond donors (Lipinski definition) is 1. The monoisotopic (exact) mass is 224 g/mol. The maximum Gasteiger partial charge on any atom is 1.00 e. The first kappa shape index (κ1) is 20.1. The molecule has 0 aliphatic carbocycles. The second kappa shape index (κ2) is 16.0. The summed E-state index contributed by atoms with van der Waals surface area (Å²) in [6.45, 7) is 6.83. The summed E-state index contributed by atoms with van der Waals surface area (Å²) in [7, 11) is 0. The summed E-state index contributed by atoms with van der Waals surface area (Å²) < 4.78 is 4.33. The topological polar surface area (TPSA) is 63.6 Å². The van der Waals surface area contributed by atoms with Gasteiger partial charge in [-0.05, 0) is 19.9 Å². The van der Waals surface area contributed by atoms with Gasteiger partial charge in [-0.25, -0.2) is 4.79 Å². The molecule has 0 spiro atoms. The smallest absolute Gasteiger partial charge is 1.00 e. The Kier molecular flexibility index (Phi) is 21.4. The second-order valence-electron chi connectivity index (χ2n) is 2.48. The molecule has 0 aliphatic rings. The van der Waals surface area contributed by atoms with Crippen molar-refractivity contribution in [3.63, 3.8) is 0 Å². The Hall–Kier alpha value is -0.420. The van der Waals surface area contributed by atoms with Crippen LogP contribution in [-0.2, 0) is 14.3 Å². The predicted molar refractivity (Wildman–Crippen MR) is 54.8 cm³/mol. The van der Waals surface area contributed by atoms with E-state index < -0.39 is 5.97 Å². The molecule has 0 unspecified atom stereocenters. The number of carbonyl (C=O) groups excluding carboxylic acids is 2. The van der Waals surface area contributed by atoms with E-state index in [0.29, 0.717) is 0 Å². The third-order valence-electron chi connectivity index (χ3n) is 0.904. The molecular formula is C10H17NaO4. The van der Waals surface area contributed by atoms with E-state index in [1.807, 2.05) is 13.8 Å². The zero-order valence-corrected chi connectivity index (χ0v) is 11.5. The van der Waals surface area contributed by atoms with Crippen molar-refractivity contribution in [3.05, 3.63) is 24.3 Å². The Morgan fingerprint density at radius 1 is 1.53 bits per heavy atom. The molecule has 4 nitrogen and oxygen atoms in total. The average Bonchev–Trinajstić information content (AvgIpc) is 2.15. The molecule has 15 heavy (non-hydrogen) atoms. The van der Waals surface area contributed by atoms with Gasteiger partial charge in [0.1, 0.15) is 12.9 Å². The van der Waals surface area contributed by atoms with Crippen LogP contribution in [-0.4, -0.2) is 30.6 Å². The minimum absolute atomic E-state index is 0. The van der Waals surface area contributed by atoms with Gasteiger partial charge in [0.05, 0.1) is 6.61 Å². The number of hydrogen-bond acceptors (Lipinski definition) is 4. The van der Waals surface area contributed by atoms with Crippen molar-refractivity contribution in [2.24, 2.45) is 0 Å². The first-order valence-corrected chi connectivity index (χ1v) is 4.07. The number of esters is 1. The second-order valence-corrected chi connectivity index (χ2v) is 2.48. The van der Waals surface area contributed by atoms with E-state index in [-0.39, 0.29) is 44.2 Å². The summed E-state index contributed by atoms with van der Waals surface area (Å²) in [5.74, 6) is -0.501. The summed E-state index contributed by atoms with van der Waals surface area (Å²) in [6, 6.07) is 0. The molecule has 0 aliphatic heterocycles. The first-order valence-electron chi connectivity index (χ1n) is 4.07. The standard InChI is InChI=1S/C5H8O3.C5H8O.Na.H/c1-2-5(7)8-4-3-6;1-5(2)3-4-6;;/h2,6H,1,3-4H2;3-4H,1-2H3;;/q;;+1;-1. The molecule has 0 radical (unpaired) electrons. The summed E-state index contributed by atoms with van der Waals surface area (Å²) >= 11 is 0. The van der Waals surface area contributed by atoms with E-state index in [2.05, 4.69) is 11.3 Å². The molecule has 0 rings (SSSR count). The molecule has 0 saturated carbocycles. The summed E-state index contributed by atoms with van der Waals surface area (Å²) in [4.78, 5) is 19.7. The SMILES string of the molecule is C=CC(=O)OCCO.CC(C)=CC=O.[H-].[Na+]. The Bertz CT molecular complexity index is 213. The Labute approximate surface area is 114 Å². The molecule has 0 saturated heterocycles. The van der Waals surface area contributed by atoms with E-state index in [1.165, 1.54) is 6.08 Å². The molecule has 0 amide bonds. The molecule has 0 aromatic heterocycles. The maximum absolute atomic E-state index is 10.1. The van der Waals surface area contributed by atoms with Crippen LogP contribution < -0.4 is 29.6 Å². The number of aliphatic hydroxyl groups is 1. The van der Waals surface area contributed by atoms with Crippen molar-refractivity contribution in [1.29, 1.82) is 0 Å². The molecular weight excluding hydrogens is 207 g/mol. The Balaban J connectivity index is -0.0000000825. The third kappa shape index (κ3) is 24.7. The fraction of sp³-hybridized carbons (Fsp3) is 0.400. The van der Waals surface area contributed by atoms with Crippen molar-refractivity contribution in [2.75, 3.05) is 13.2 Å². The van der Waals surface area contributed by atoms with Crippen molar-refractivity contribution in [2.45, 2.75) is 13.8 Å². The number of ether oxygens (including phenoxy) is 1. The normalized spacial score (nSPS) is 7.13. The summed E-state index contributed by atoms with van der Waals surface area (Å²) in [6.07, 6.45) is 3.37. The van der Waals surface area contributed by atoms with Gasteiger partial charge in [0.2, 0.25) is 0 Å². The van der Waals surface area contributed by atoms with Gasteiger partial charge in [-0.2, -0.15) is 0 Å². The number of aliphatic hydroxyl groups excluding tert-OH is 1. The Morgan fingerprint density at radius 3 is 2.27 bits per heavy atom. The van der Waals surface area contributed by atoms with E-state index in [9.17, 15) is 9.59 Å². The van der Waals surface area contributed by atoms with Crippen LogP contribution in [0.2, 0.25) is 0 Å². The zero-order valence-electron chi connectivity index (χ0n) is 10.5. The fourth-order valence-electron chi connectivity index (χ4n) is 0.341. The van der Waals surface area contributed by atoms with Crippen LogP contribution in [0.4, 0.5) is 0 Å². The number of allylic oxidation sites excluding steroid dienone is 2. The molecule has 0 bridgehead atoms. The van der Waals surface area contributed by atoms with Gasteiger partial charge < -0.3 is 11.3 Å². The number of aldehydes is 1. The van der Waals surface area contributed by atoms with Crippen LogP contribution >= 0.6 is 0 Å². The predicted octanol–water partition coefficient (Wildman–Crippen LogP) is -2.02. The first-order chi connectivity index (χ1) is 6.58. The van der Waals surface area contributed by atoms with Gasteiger partial charge in [-0.15, -0.1) is 0 Å². The number of rotatable bonds is 4. The maximum atomic E-state index is 10.1. The fourth-order valence-corrected chi connectivity index (χ4v) is 0.341. The van der Waals surface area contributed by atoms with Gasteiger partial charge in [-0.1, -0.05) is 12.2 Å². The summed E-state index contributed by atoms with van der Waals surface area (Å²) in [5, 5.41) is 8.10. The molecule has 0 aromatic carbocycles. The van der Waals surface area contributed by atoms with Crippen LogP contribution in [0.15, 0.2) is 24.3 Å². The number of carbonyl (C=O) groups is 2. The van der Waals surface area contributed by atoms with Gasteiger partial charge in [0.15, 0.2) is 0 Å². The van der Waals surface area contributed by atoms with E-state index in [0.717, 1.165) is 17.9 Å². The molecule has 5 heteroatoms. The molecule has 1 N–H and O–H groups in total. The van der Waals surface area contributed by atoms with Gasteiger partial charge >= 0.3 is 35.5 Å². The van der Waals surface area contributed by atoms with Gasteiger partial charge in [-0.3, -0.25) is 4.79 Å². The van der Waals surface area contributed by atoms with Crippen LogP contribution in [0, 0.1) is 0 Å². The quantitative estimate of drug-likeness (QED) is 0.259. The zero-order chi connectivity index (χ0) is 11.4. The molecule has 0 aromatic rings. The van der Waals surface area contributed by atoms with Crippen molar-refractivity contribution in [1.82, 2.24) is 0 Å². The van der Waals surface area contributed by atoms with Crippen LogP contribution in [0.1, 0.15) is 15.3 Å². The van der Waals surface area contributed by atoms with E-state index in [1.54, 1.807) is 0 Å². The molecule has 0 atom stereocenters. The minimum atomic E-state index is -0.501. The average molecular weight is 224 g/mol. The summed E-state index contributed by atoms with van der Waals surface area (Å²) in [5.41, 5.74) is 1.05. The minimum Gasteiger partial charge on any atom is -1.00 e. The largest absolute Gasteiger partial charge is 1.00 e. The Morgan fingerprint density at radius 2 is 2.07 bits per heavy atom. The van der Waals surface area contributed by atoms with Crippen LogP contribution in [0.5, 0.6) is 0 Å². The van der Waals surface area contributed by atoms with Gasteiger partial charge in [0, 0.05) is 6.08 Å². The molecule has 82 valence electrons.